The molecule has 114 valence electrons. The van der Waals surface area contributed by atoms with E-state index in [1.165, 1.54) is 11.0 Å². The summed E-state index contributed by atoms with van der Waals surface area (Å²) in [5, 5.41) is 11.4. The largest absolute Gasteiger partial charge is 0.497 e. The molecule has 2 amide bonds. The number of nitrogens with one attached hydrogen (secondary N) is 1. The fourth-order valence-electron chi connectivity index (χ4n) is 1.76. The SMILES string of the molecule is C=CCC(NC(=O)N(C)Cc1cccc(OC)c1)C(=O)O. The van der Waals surface area contributed by atoms with Crippen LogP contribution in [-0.2, 0) is 11.3 Å². The summed E-state index contributed by atoms with van der Waals surface area (Å²) in [5.74, 6) is -0.380. The fourth-order valence-corrected chi connectivity index (χ4v) is 1.76. The number of rotatable bonds is 7. The molecule has 0 radical (unpaired) electrons. The summed E-state index contributed by atoms with van der Waals surface area (Å²) in [4.78, 5) is 24.4. The van der Waals surface area contributed by atoms with Crippen molar-refractivity contribution in [2.45, 2.75) is 19.0 Å². The van der Waals surface area contributed by atoms with Gasteiger partial charge in [0, 0.05) is 13.6 Å². The average molecular weight is 292 g/mol. The van der Waals surface area contributed by atoms with E-state index in [-0.39, 0.29) is 6.42 Å². The van der Waals surface area contributed by atoms with Crippen LogP contribution in [0.1, 0.15) is 12.0 Å². The average Bonchev–Trinajstić information content (AvgIpc) is 2.46. The minimum Gasteiger partial charge on any atom is -0.497 e. The van der Waals surface area contributed by atoms with Crippen molar-refractivity contribution in [3.63, 3.8) is 0 Å². The number of carboxylic acids is 1. The lowest BCUT2D eigenvalue weighted by atomic mass is 10.2. The van der Waals surface area contributed by atoms with Gasteiger partial charge in [0.25, 0.3) is 0 Å². The summed E-state index contributed by atoms with van der Waals surface area (Å²) in [7, 11) is 3.17. The van der Waals surface area contributed by atoms with E-state index in [1.807, 2.05) is 24.3 Å². The van der Waals surface area contributed by atoms with Gasteiger partial charge in [-0.2, -0.15) is 0 Å². The molecule has 0 saturated heterocycles. The number of hydrogen-bond acceptors (Lipinski definition) is 3. The zero-order chi connectivity index (χ0) is 15.8. The van der Waals surface area contributed by atoms with Crippen LogP contribution in [0.25, 0.3) is 0 Å². The Balaban J connectivity index is 2.65. The lowest BCUT2D eigenvalue weighted by Crippen LogP contribution is -2.46. The Hall–Kier alpha value is -2.50. The van der Waals surface area contributed by atoms with E-state index in [4.69, 9.17) is 9.84 Å². The summed E-state index contributed by atoms with van der Waals surface area (Å²) in [6.45, 7) is 3.83. The zero-order valence-corrected chi connectivity index (χ0v) is 12.2. The van der Waals surface area contributed by atoms with E-state index in [0.29, 0.717) is 12.3 Å². The molecule has 0 aliphatic carbocycles. The molecular weight excluding hydrogens is 272 g/mol. The monoisotopic (exact) mass is 292 g/mol. The molecule has 0 aliphatic heterocycles. The second-order valence-electron chi connectivity index (χ2n) is 4.57. The number of carbonyl (C=O) groups excluding carboxylic acids is 1. The predicted molar refractivity (Wildman–Crippen MR) is 79.2 cm³/mol. The molecule has 2 N–H and O–H groups in total. The Kier molecular flexibility index (Phi) is 6.26. The van der Waals surface area contributed by atoms with Crippen molar-refractivity contribution in [1.82, 2.24) is 10.2 Å². The summed E-state index contributed by atoms with van der Waals surface area (Å²) in [5.41, 5.74) is 0.891. The second kappa shape index (κ2) is 7.94. The Morgan fingerprint density at radius 3 is 2.81 bits per heavy atom. The highest BCUT2D eigenvalue weighted by Gasteiger charge is 2.20. The van der Waals surface area contributed by atoms with Gasteiger partial charge in [0.1, 0.15) is 11.8 Å². The predicted octanol–water partition coefficient (Wildman–Crippen LogP) is 1.87. The number of methoxy groups -OCH3 is 1. The van der Waals surface area contributed by atoms with E-state index in [0.717, 1.165) is 5.56 Å². The number of hydrogen-bond donors (Lipinski definition) is 2. The van der Waals surface area contributed by atoms with Crippen LogP contribution in [-0.4, -0.2) is 42.2 Å². The van der Waals surface area contributed by atoms with Crippen LogP contribution in [0.2, 0.25) is 0 Å². The summed E-state index contributed by atoms with van der Waals surface area (Å²) < 4.78 is 5.12. The van der Waals surface area contributed by atoms with Gasteiger partial charge in [-0.05, 0) is 24.1 Å². The van der Waals surface area contributed by atoms with Crippen LogP contribution < -0.4 is 10.1 Å². The Bertz CT molecular complexity index is 516. The highest BCUT2D eigenvalue weighted by atomic mass is 16.5. The maximum Gasteiger partial charge on any atom is 0.326 e. The molecule has 0 saturated carbocycles. The number of benzene rings is 1. The quantitative estimate of drug-likeness (QED) is 0.752. The number of ether oxygens (including phenoxy) is 1. The number of aliphatic carboxylic acids is 1. The van der Waals surface area contributed by atoms with E-state index in [2.05, 4.69) is 11.9 Å². The molecule has 1 rings (SSSR count). The standard InChI is InChI=1S/C15H20N2O4/c1-4-6-13(14(18)19)16-15(20)17(2)10-11-7-5-8-12(9-11)21-3/h4-5,7-9,13H,1,6,10H2,2-3H3,(H,16,20)(H,18,19). The lowest BCUT2D eigenvalue weighted by molar-refractivity contribution is -0.139. The van der Waals surface area contributed by atoms with Gasteiger partial charge < -0.3 is 20.1 Å². The normalized spacial score (nSPS) is 11.3. The van der Waals surface area contributed by atoms with Gasteiger partial charge in [0.15, 0.2) is 0 Å². The number of carboxylic acid groups (broad SMARTS) is 1. The molecule has 0 fully saturated rings. The van der Waals surface area contributed by atoms with Crippen LogP contribution in [0.5, 0.6) is 5.75 Å². The van der Waals surface area contributed by atoms with Gasteiger partial charge in [0.05, 0.1) is 7.11 Å². The van der Waals surface area contributed by atoms with Gasteiger partial charge in [-0.25, -0.2) is 9.59 Å². The highest BCUT2D eigenvalue weighted by molar-refractivity contribution is 5.82. The van der Waals surface area contributed by atoms with Gasteiger partial charge in [-0.1, -0.05) is 18.2 Å². The van der Waals surface area contributed by atoms with Gasteiger partial charge in [0.2, 0.25) is 0 Å². The van der Waals surface area contributed by atoms with Crippen molar-refractivity contribution < 1.29 is 19.4 Å². The van der Waals surface area contributed by atoms with Crippen molar-refractivity contribution in [2.75, 3.05) is 14.2 Å². The van der Waals surface area contributed by atoms with Crippen LogP contribution >= 0.6 is 0 Å². The Morgan fingerprint density at radius 2 is 2.24 bits per heavy atom. The molecule has 1 aromatic carbocycles. The van der Waals surface area contributed by atoms with Gasteiger partial charge >= 0.3 is 12.0 Å². The third-order valence-corrected chi connectivity index (χ3v) is 2.90. The van der Waals surface area contributed by atoms with E-state index in [1.54, 1.807) is 14.2 Å². The fraction of sp³-hybridized carbons (Fsp3) is 0.333. The first-order valence-electron chi connectivity index (χ1n) is 6.46. The molecule has 0 spiro atoms. The molecule has 0 aliphatic rings. The third-order valence-electron chi connectivity index (χ3n) is 2.90. The minimum absolute atomic E-state index is 0.175. The minimum atomic E-state index is -1.09. The lowest BCUT2D eigenvalue weighted by Gasteiger charge is -2.21. The molecule has 1 aromatic rings. The van der Waals surface area contributed by atoms with Gasteiger partial charge in [-0.3, -0.25) is 0 Å². The van der Waals surface area contributed by atoms with Gasteiger partial charge in [-0.15, -0.1) is 6.58 Å². The molecule has 1 unspecified atom stereocenters. The van der Waals surface area contributed by atoms with Crippen molar-refractivity contribution in [1.29, 1.82) is 0 Å². The maximum absolute atomic E-state index is 12.0. The third kappa shape index (κ3) is 5.18. The van der Waals surface area contributed by atoms with Crippen LogP contribution in [0.15, 0.2) is 36.9 Å². The number of amides is 2. The van der Waals surface area contributed by atoms with Crippen LogP contribution in [0, 0.1) is 0 Å². The van der Waals surface area contributed by atoms with E-state index in [9.17, 15) is 9.59 Å². The molecule has 0 heterocycles. The zero-order valence-electron chi connectivity index (χ0n) is 12.2. The first-order valence-corrected chi connectivity index (χ1v) is 6.46. The first-order chi connectivity index (χ1) is 9.97. The van der Waals surface area contributed by atoms with E-state index < -0.39 is 18.0 Å². The summed E-state index contributed by atoms with van der Waals surface area (Å²) in [6, 6.07) is 5.91. The smallest absolute Gasteiger partial charge is 0.326 e. The number of nitrogens with zero attached hydrogens (tertiary/aromatic N) is 1. The number of carbonyl (C=O) groups is 2. The molecular formula is C15H20N2O4. The summed E-state index contributed by atoms with van der Waals surface area (Å²) >= 11 is 0. The maximum atomic E-state index is 12.0. The molecule has 1 atom stereocenters. The Labute approximate surface area is 124 Å². The second-order valence-corrected chi connectivity index (χ2v) is 4.57. The summed E-state index contributed by atoms with van der Waals surface area (Å²) in [6.07, 6.45) is 1.63. The molecule has 0 bridgehead atoms. The van der Waals surface area contributed by atoms with Crippen LogP contribution in [0.3, 0.4) is 0 Å². The van der Waals surface area contributed by atoms with E-state index >= 15 is 0 Å². The topological polar surface area (TPSA) is 78.9 Å². The molecule has 21 heavy (non-hydrogen) atoms. The first kappa shape index (κ1) is 16.6. The number of urea groups is 1. The van der Waals surface area contributed by atoms with Crippen molar-refractivity contribution in [3.8, 4) is 5.75 Å². The Morgan fingerprint density at radius 1 is 1.52 bits per heavy atom. The van der Waals surface area contributed by atoms with Crippen molar-refractivity contribution in [2.24, 2.45) is 0 Å². The van der Waals surface area contributed by atoms with Crippen molar-refractivity contribution in [3.05, 3.63) is 42.5 Å². The molecule has 0 aromatic heterocycles. The molecule has 6 nitrogen and oxygen atoms in total. The van der Waals surface area contributed by atoms with Crippen LogP contribution in [0.4, 0.5) is 4.79 Å². The molecule has 6 heteroatoms. The highest BCUT2D eigenvalue weighted by Crippen LogP contribution is 2.13. The van der Waals surface area contributed by atoms with Crippen molar-refractivity contribution >= 4 is 12.0 Å².